The van der Waals surface area contributed by atoms with Crippen molar-refractivity contribution in [2.24, 2.45) is 0 Å². The highest BCUT2D eigenvalue weighted by molar-refractivity contribution is 7.90. The summed E-state index contributed by atoms with van der Waals surface area (Å²) >= 11 is 0. The van der Waals surface area contributed by atoms with Gasteiger partial charge in [0.15, 0.2) is 21.5 Å². The average Bonchev–Trinajstić information content (AvgIpc) is 2.88. The summed E-state index contributed by atoms with van der Waals surface area (Å²) < 4.78 is 56.1. The molecule has 2 aromatic rings. The van der Waals surface area contributed by atoms with Crippen molar-refractivity contribution in [2.75, 3.05) is 6.26 Å². The lowest BCUT2D eigenvalue weighted by molar-refractivity contribution is -0.148. The first-order valence-electron chi connectivity index (χ1n) is 8.54. The number of cyclic esters (lactones) is 1. The minimum absolute atomic E-state index is 0.166. The minimum Gasteiger partial charge on any atom is -0.458 e. The number of benzene rings is 2. The molecular weight excluding hydrogens is 374 g/mol. The molecule has 0 aromatic heterocycles. The largest absolute Gasteiger partial charge is 0.458 e. The SMILES string of the molecule is CC[C@@]1(C)OC(=O)C(c2ccc(F)c(F)c2)C1c1ccc(S(C)(=O)=O)cc1. The Labute approximate surface area is 157 Å². The van der Waals surface area contributed by atoms with Crippen LogP contribution in [0.2, 0.25) is 0 Å². The highest BCUT2D eigenvalue weighted by Gasteiger charge is 2.53. The quantitative estimate of drug-likeness (QED) is 0.737. The summed E-state index contributed by atoms with van der Waals surface area (Å²) in [7, 11) is -3.35. The molecule has 4 nitrogen and oxygen atoms in total. The van der Waals surface area contributed by atoms with E-state index in [9.17, 15) is 22.0 Å². The lowest BCUT2D eigenvalue weighted by Gasteiger charge is -2.30. The minimum atomic E-state index is -3.35. The average molecular weight is 394 g/mol. The Morgan fingerprint density at radius 2 is 1.63 bits per heavy atom. The predicted octanol–water partition coefficient (Wildman–Crippen LogP) is 3.96. The van der Waals surface area contributed by atoms with Crippen LogP contribution in [0.25, 0.3) is 0 Å². The summed E-state index contributed by atoms with van der Waals surface area (Å²) in [6, 6.07) is 9.62. The van der Waals surface area contributed by atoms with Gasteiger partial charge >= 0.3 is 5.97 Å². The van der Waals surface area contributed by atoms with Gasteiger partial charge in [0.25, 0.3) is 0 Å². The number of esters is 1. The molecular formula is C20H20F2O4S. The van der Waals surface area contributed by atoms with Gasteiger partial charge in [-0.25, -0.2) is 17.2 Å². The smallest absolute Gasteiger partial charge is 0.314 e. The second-order valence-corrected chi connectivity index (χ2v) is 9.07. The van der Waals surface area contributed by atoms with E-state index in [4.69, 9.17) is 4.74 Å². The van der Waals surface area contributed by atoms with Gasteiger partial charge < -0.3 is 4.74 Å². The second-order valence-electron chi connectivity index (χ2n) is 7.06. The van der Waals surface area contributed by atoms with Crippen molar-refractivity contribution in [1.29, 1.82) is 0 Å². The number of halogens is 2. The van der Waals surface area contributed by atoms with Gasteiger partial charge in [0.2, 0.25) is 0 Å². The maximum Gasteiger partial charge on any atom is 0.314 e. The zero-order chi connectivity index (χ0) is 20.0. The highest BCUT2D eigenvalue weighted by atomic mass is 32.2. The Morgan fingerprint density at radius 1 is 1.04 bits per heavy atom. The van der Waals surface area contributed by atoms with Crippen LogP contribution in [0.4, 0.5) is 8.78 Å². The molecule has 3 rings (SSSR count). The van der Waals surface area contributed by atoms with Crippen molar-refractivity contribution in [2.45, 2.75) is 42.6 Å². The Kier molecular flexibility index (Phi) is 4.84. The van der Waals surface area contributed by atoms with Crippen molar-refractivity contribution in [3.63, 3.8) is 0 Å². The van der Waals surface area contributed by atoms with Crippen LogP contribution >= 0.6 is 0 Å². The van der Waals surface area contributed by atoms with Crippen molar-refractivity contribution in [3.8, 4) is 0 Å². The second kappa shape index (κ2) is 6.71. The molecule has 0 aliphatic carbocycles. The normalized spacial score (nSPS) is 25.4. The Morgan fingerprint density at radius 3 is 2.15 bits per heavy atom. The summed E-state index contributed by atoms with van der Waals surface area (Å²) in [5.41, 5.74) is 0.180. The molecule has 0 N–H and O–H groups in total. The molecule has 2 unspecified atom stereocenters. The van der Waals surface area contributed by atoms with Crippen molar-refractivity contribution < 1.29 is 26.7 Å². The van der Waals surface area contributed by atoms with Crippen molar-refractivity contribution in [3.05, 3.63) is 65.2 Å². The lowest BCUT2D eigenvalue weighted by Crippen LogP contribution is -2.30. The number of rotatable bonds is 4. The Bertz CT molecular complexity index is 986. The van der Waals surface area contributed by atoms with Gasteiger partial charge in [0, 0.05) is 12.2 Å². The van der Waals surface area contributed by atoms with Gasteiger partial charge in [-0.3, -0.25) is 4.79 Å². The van der Waals surface area contributed by atoms with Gasteiger partial charge in [0.1, 0.15) is 5.60 Å². The topological polar surface area (TPSA) is 60.4 Å². The summed E-state index contributed by atoms with van der Waals surface area (Å²) in [6.07, 6.45) is 1.63. The first-order chi connectivity index (χ1) is 12.6. The van der Waals surface area contributed by atoms with Gasteiger partial charge in [-0.05, 0) is 48.7 Å². The van der Waals surface area contributed by atoms with E-state index in [1.807, 2.05) is 6.92 Å². The van der Waals surface area contributed by atoms with Gasteiger partial charge in [-0.1, -0.05) is 25.1 Å². The van der Waals surface area contributed by atoms with Crippen LogP contribution in [0.1, 0.15) is 43.2 Å². The van der Waals surface area contributed by atoms with Crippen LogP contribution in [0, 0.1) is 11.6 Å². The molecule has 1 aliphatic rings. The zero-order valence-corrected chi connectivity index (χ0v) is 16.0. The number of hydrogen-bond donors (Lipinski definition) is 0. The van der Waals surface area contributed by atoms with E-state index in [2.05, 4.69) is 0 Å². The molecule has 144 valence electrons. The van der Waals surface area contributed by atoms with E-state index in [-0.39, 0.29) is 4.90 Å². The molecule has 0 spiro atoms. The molecule has 27 heavy (non-hydrogen) atoms. The monoisotopic (exact) mass is 394 g/mol. The molecule has 0 saturated carbocycles. The maximum absolute atomic E-state index is 13.8. The fourth-order valence-electron chi connectivity index (χ4n) is 3.64. The number of ether oxygens (including phenoxy) is 1. The Hall–Kier alpha value is -2.28. The van der Waals surface area contributed by atoms with E-state index in [1.54, 1.807) is 19.1 Å². The molecule has 0 bridgehead atoms. The molecule has 0 radical (unpaired) electrons. The number of sulfone groups is 1. The molecule has 1 saturated heterocycles. The number of carbonyl (C=O) groups is 1. The van der Waals surface area contributed by atoms with Gasteiger partial charge in [0.05, 0.1) is 10.8 Å². The standard InChI is InChI=1S/C20H20F2O4S/c1-4-20(2)18(12-5-8-14(9-6-12)27(3,24)25)17(19(23)26-20)13-7-10-15(21)16(22)11-13/h5-11,17-18H,4H2,1-3H3/t17?,18?,20-/m1/s1. The van der Waals surface area contributed by atoms with E-state index in [0.717, 1.165) is 18.4 Å². The molecule has 0 amide bonds. The lowest BCUT2D eigenvalue weighted by atomic mass is 9.73. The first kappa shape index (κ1) is 19.5. The molecule has 1 heterocycles. The van der Waals surface area contributed by atoms with Crippen LogP contribution in [-0.2, 0) is 19.4 Å². The predicted molar refractivity (Wildman–Crippen MR) is 96.2 cm³/mol. The van der Waals surface area contributed by atoms with Crippen LogP contribution in [-0.4, -0.2) is 26.2 Å². The van der Waals surface area contributed by atoms with E-state index in [1.165, 1.54) is 18.2 Å². The fourth-order valence-corrected chi connectivity index (χ4v) is 4.27. The molecule has 7 heteroatoms. The van der Waals surface area contributed by atoms with E-state index >= 15 is 0 Å². The van der Waals surface area contributed by atoms with Crippen LogP contribution in [0.5, 0.6) is 0 Å². The van der Waals surface area contributed by atoms with Crippen molar-refractivity contribution >= 4 is 15.8 Å². The first-order valence-corrected chi connectivity index (χ1v) is 10.4. The van der Waals surface area contributed by atoms with E-state index < -0.39 is 44.9 Å². The Balaban J connectivity index is 2.11. The fraction of sp³-hybridized carbons (Fsp3) is 0.350. The van der Waals surface area contributed by atoms with Gasteiger partial charge in [-0.2, -0.15) is 0 Å². The summed E-state index contributed by atoms with van der Waals surface area (Å²) in [5, 5.41) is 0. The van der Waals surface area contributed by atoms with Crippen molar-refractivity contribution in [1.82, 2.24) is 0 Å². The summed E-state index contributed by atoms with van der Waals surface area (Å²) in [4.78, 5) is 12.8. The molecule has 1 fully saturated rings. The maximum atomic E-state index is 13.8. The third kappa shape index (κ3) is 3.48. The molecule has 1 aliphatic heterocycles. The number of hydrogen-bond acceptors (Lipinski definition) is 4. The van der Waals surface area contributed by atoms with Crippen LogP contribution < -0.4 is 0 Å². The molecule has 2 aromatic carbocycles. The third-order valence-corrected chi connectivity index (χ3v) is 6.38. The van der Waals surface area contributed by atoms with Crippen LogP contribution in [0.15, 0.2) is 47.4 Å². The van der Waals surface area contributed by atoms with E-state index in [0.29, 0.717) is 17.5 Å². The summed E-state index contributed by atoms with van der Waals surface area (Å²) in [5.74, 6) is -3.81. The van der Waals surface area contributed by atoms with Gasteiger partial charge in [-0.15, -0.1) is 0 Å². The zero-order valence-electron chi connectivity index (χ0n) is 15.2. The summed E-state index contributed by atoms with van der Waals surface area (Å²) in [6.45, 7) is 3.67. The molecule has 3 atom stereocenters. The number of carbonyl (C=O) groups excluding carboxylic acids is 1. The highest BCUT2D eigenvalue weighted by Crippen LogP contribution is 2.51. The third-order valence-electron chi connectivity index (χ3n) is 5.25. The van der Waals surface area contributed by atoms with Crippen LogP contribution in [0.3, 0.4) is 0 Å².